The largest absolute Gasteiger partial charge is 1.00 e. The van der Waals surface area contributed by atoms with Crippen molar-refractivity contribution in [2.45, 2.75) is 40.4 Å². The normalized spacial score (nSPS) is 16.1. The number of para-hydroxylation sites is 1. The summed E-state index contributed by atoms with van der Waals surface area (Å²) >= 11 is 0. The van der Waals surface area contributed by atoms with Crippen LogP contribution in [0, 0.1) is 0 Å². The minimum atomic E-state index is -5.01. The van der Waals surface area contributed by atoms with Crippen molar-refractivity contribution in [1.29, 1.82) is 0 Å². The number of hydrogen-bond acceptors (Lipinski definition) is 14. The second kappa shape index (κ2) is 7.99. The summed E-state index contributed by atoms with van der Waals surface area (Å²) in [5, 5.41) is 10.5. The molecule has 1 unspecified atom stereocenters. The molecule has 0 aliphatic carbocycles. The first kappa shape index (κ1) is 27.5. The molecule has 0 saturated carbocycles. The Kier molecular flexibility index (Phi) is 7.85. The monoisotopic (exact) mass is 431 g/mol. The van der Waals surface area contributed by atoms with Crippen molar-refractivity contribution in [1.82, 2.24) is 0 Å². The van der Waals surface area contributed by atoms with Gasteiger partial charge >= 0.3 is 35.5 Å². The second-order valence-electron chi connectivity index (χ2n) is 6.59. The minimum absolute atomic E-state index is 0. The van der Waals surface area contributed by atoms with Crippen LogP contribution in [0.1, 0.15) is 6.92 Å². The van der Waals surface area contributed by atoms with E-state index in [1.54, 1.807) is 0 Å². The molecule has 1 rings (SSSR count). The number of benzene rings is 1. The van der Waals surface area contributed by atoms with Crippen molar-refractivity contribution in [2.24, 2.45) is 51.6 Å². The van der Waals surface area contributed by atoms with Crippen molar-refractivity contribution >= 4 is 10.1 Å². The van der Waals surface area contributed by atoms with Crippen molar-refractivity contribution in [3.05, 3.63) is 24.3 Å². The molecule has 1 aromatic rings. The molecule has 0 aromatic heterocycles. The summed E-state index contributed by atoms with van der Waals surface area (Å²) in [5.41, 5.74) is 41.7. The Morgan fingerprint density at radius 3 is 1.71 bits per heavy atom. The summed E-state index contributed by atoms with van der Waals surface area (Å²) in [6.07, 6.45) is 0. The van der Waals surface area contributed by atoms with Crippen LogP contribution >= 0.6 is 0 Å². The Balaban J connectivity index is 0.00000729. The van der Waals surface area contributed by atoms with Crippen molar-refractivity contribution in [2.75, 3.05) is 0 Å². The fourth-order valence-corrected chi connectivity index (χ4v) is 2.68. The van der Waals surface area contributed by atoms with Gasteiger partial charge in [0.2, 0.25) is 0 Å². The van der Waals surface area contributed by atoms with Gasteiger partial charge in [0.1, 0.15) is 27.2 Å². The predicted octanol–water partition coefficient (Wildman–Crippen LogP) is -8.95. The van der Waals surface area contributed by atoms with E-state index in [9.17, 15) is 18.1 Å². The maximum absolute atomic E-state index is 11.3. The molecule has 0 radical (unpaired) electrons. The quantitative estimate of drug-likeness (QED) is 0.109. The summed E-state index contributed by atoms with van der Waals surface area (Å²) in [4.78, 5) is -0.862. The summed E-state index contributed by atoms with van der Waals surface area (Å²) in [6, 6.07) is 4.40. The number of nitrogens with two attached hydrogens (primary N) is 9. The molecule has 0 spiro atoms. The minimum Gasteiger partial charge on any atom is -0.744 e. The van der Waals surface area contributed by atoms with Gasteiger partial charge in [-0.2, -0.15) is 0 Å². The van der Waals surface area contributed by atoms with Crippen LogP contribution in [0.15, 0.2) is 29.2 Å². The Labute approximate surface area is 184 Å². The van der Waals surface area contributed by atoms with Gasteiger partial charge in [-0.3, -0.25) is 5.73 Å². The molecule has 1 aromatic carbocycles. The Bertz CT molecular complexity index is 808. The van der Waals surface area contributed by atoms with Crippen LogP contribution in [-0.4, -0.2) is 46.6 Å². The third-order valence-corrected chi connectivity index (χ3v) is 5.11. The summed E-state index contributed by atoms with van der Waals surface area (Å²) < 4.78 is 39.0. The van der Waals surface area contributed by atoms with Crippen LogP contribution in [0.3, 0.4) is 0 Å². The summed E-state index contributed by atoms with van der Waals surface area (Å²) in [7, 11) is -5.01. The van der Waals surface area contributed by atoms with Crippen LogP contribution in [0.4, 0.5) is 0 Å². The van der Waals surface area contributed by atoms with Crippen LogP contribution in [-0.2, 0) is 10.1 Å². The molecule has 0 saturated heterocycles. The zero-order valence-electron chi connectivity index (χ0n) is 15.5. The molecule has 14 nitrogen and oxygen atoms in total. The van der Waals surface area contributed by atoms with Crippen molar-refractivity contribution in [3.63, 3.8) is 0 Å². The molecule has 0 bridgehead atoms. The van der Waals surface area contributed by atoms with Gasteiger partial charge in [-0.15, -0.1) is 0 Å². The van der Waals surface area contributed by atoms with E-state index >= 15 is 0 Å². The predicted molar refractivity (Wildman–Crippen MR) is 94.3 cm³/mol. The fourth-order valence-electron chi connectivity index (χ4n) is 2.08. The van der Waals surface area contributed by atoms with Crippen LogP contribution < -0.4 is 85.9 Å². The second-order valence-corrected chi connectivity index (χ2v) is 7.94. The van der Waals surface area contributed by atoms with E-state index in [4.69, 9.17) is 56.3 Å². The average molecular weight is 431 g/mol. The molecule has 0 fully saturated rings. The molecule has 0 aliphatic heterocycles. The van der Waals surface area contributed by atoms with Gasteiger partial charge in [0.15, 0.2) is 5.66 Å². The number of ether oxygens (including phenoxy) is 1. The molecule has 16 heteroatoms. The Morgan fingerprint density at radius 1 is 0.893 bits per heavy atom. The van der Waals surface area contributed by atoms with Crippen molar-refractivity contribution < 1.29 is 52.4 Å². The first-order chi connectivity index (χ1) is 11.7. The first-order valence-electron chi connectivity index (χ1n) is 7.26. The molecule has 19 N–H and O–H groups in total. The number of rotatable bonds is 7. The van der Waals surface area contributed by atoms with Gasteiger partial charge in [0.25, 0.3) is 0 Å². The average Bonchev–Trinajstić information content (AvgIpc) is 2.44. The maximum Gasteiger partial charge on any atom is 1.00 e. The molecule has 0 aliphatic rings. The molecule has 0 amide bonds. The van der Waals surface area contributed by atoms with E-state index in [0.717, 1.165) is 19.1 Å². The van der Waals surface area contributed by atoms with Gasteiger partial charge in [0, 0.05) is 0 Å². The maximum atomic E-state index is 11.3. The Hall–Kier alpha value is -0.470. The van der Waals surface area contributed by atoms with E-state index in [1.165, 1.54) is 12.1 Å². The van der Waals surface area contributed by atoms with Gasteiger partial charge in [-0.25, -0.2) is 8.42 Å². The fraction of sp³-hybridized carbons (Fsp3) is 0.500. The summed E-state index contributed by atoms with van der Waals surface area (Å²) in [5.74, 6) is -3.89. The van der Waals surface area contributed by atoms with E-state index < -0.39 is 49.3 Å². The molecular weight excluding hydrogens is 405 g/mol. The molecule has 156 valence electrons. The summed E-state index contributed by atoms with van der Waals surface area (Å²) in [6.45, 7) is 1.15. The van der Waals surface area contributed by atoms with Gasteiger partial charge in [-0.1, -0.05) is 12.1 Å². The van der Waals surface area contributed by atoms with Crippen LogP contribution in [0.2, 0.25) is 0 Å². The third-order valence-electron chi connectivity index (χ3n) is 4.24. The van der Waals surface area contributed by atoms with E-state index in [0.29, 0.717) is 0 Å². The topological polar surface area (TPSA) is 321 Å². The number of aliphatic hydroxyl groups is 1. The van der Waals surface area contributed by atoms with Gasteiger partial charge in [0.05, 0.1) is 10.6 Å². The van der Waals surface area contributed by atoms with E-state index in [-0.39, 0.29) is 29.6 Å². The molecule has 1 atom stereocenters. The van der Waals surface area contributed by atoms with E-state index in [2.05, 4.69) is 0 Å². The SMILES string of the molecule is CC(N)(N)C(N)(N)C(N)(N)C(N)(N)C(N)(O)Oc1ccccc1S(=O)(=O)[O-].[Na+]. The molecular formula is C12H26N9NaO5S. The first-order valence-corrected chi connectivity index (χ1v) is 8.67. The zero-order valence-corrected chi connectivity index (χ0v) is 18.3. The van der Waals surface area contributed by atoms with Gasteiger partial charge in [-0.05, 0) is 19.1 Å². The smallest absolute Gasteiger partial charge is 0.744 e. The number of hydrogen-bond donors (Lipinski definition) is 10. The van der Waals surface area contributed by atoms with Crippen molar-refractivity contribution in [3.8, 4) is 5.75 Å². The molecule has 28 heavy (non-hydrogen) atoms. The third kappa shape index (κ3) is 4.64. The standard InChI is InChI=1S/C12H27N9O5S.Na/c1-8(13,14)9(15,16)10(17,18)11(19,20)12(21,22)26-6-4-2-3-5-7(6)27(23,24)25;/h2-5,22H,13-21H2,1H3,(H,23,24,25);/q;+1/p-1. The zero-order chi connectivity index (χ0) is 21.7. The van der Waals surface area contributed by atoms with Crippen LogP contribution in [0.25, 0.3) is 0 Å². The van der Waals surface area contributed by atoms with E-state index in [1.807, 2.05) is 0 Å². The van der Waals surface area contributed by atoms with Crippen LogP contribution in [0.5, 0.6) is 5.75 Å². The van der Waals surface area contributed by atoms with Gasteiger partial charge < -0.3 is 60.3 Å². The molecule has 0 heterocycles. The Morgan fingerprint density at radius 2 is 1.32 bits per heavy atom.